The number of methoxy groups -OCH3 is 1. The van der Waals surface area contributed by atoms with Crippen LogP contribution in [0.25, 0.3) is 0 Å². The van der Waals surface area contributed by atoms with Gasteiger partial charge in [-0.3, -0.25) is 4.79 Å². The fourth-order valence-corrected chi connectivity index (χ4v) is 1.55. The molecule has 0 fully saturated rings. The zero-order chi connectivity index (χ0) is 14.0. The molecular formula is C12H17ClO5. The van der Waals surface area contributed by atoms with Gasteiger partial charge in [0.25, 0.3) is 6.47 Å². The van der Waals surface area contributed by atoms with Gasteiger partial charge in [0.05, 0.1) is 12.5 Å². The lowest BCUT2D eigenvalue weighted by Crippen LogP contribution is -2.24. The highest BCUT2D eigenvalue weighted by atomic mass is 35.5. The average Bonchev–Trinajstić information content (AvgIpc) is 2.34. The van der Waals surface area contributed by atoms with Gasteiger partial charge < -0.3 is 19.7 Å². The Balaban J connectivity index is 0.000000873. The summed E-state index contributed by atoms with van der Waals surface area (Å²) in [5.41, 5.74) is 0.538. The molecule has 102 valence electrons. The van der Waals surface area contributed by atoms with Crippen LogP contribution in [0.2, 0.25) is 5.02 Å². The lowest BCUT2D eigenvalue weighted by molar-refractivity contribution is -0.157. The Kier molecular flexibility index (Phi) is 9.22. The second-order valence-electron chi connectivity index (χ2n) is 3.34. The highest BCUT2D eigenvalue weighted by Crippen LogP contribution is 2.26. The monoisotopic (exact) mass is 276 g/mol. The van der Waals surface area contributed by atoms with E-state index in [-0.39, 0.29) is 13.1 Å². The minimum absolute atomic E-state index is 0.129. The van der Waals surface area contributed by atoms with Crippen molar-refractivity contribution in [2.24, 2.45) is 0 Å². The zero-order valence-electron chi connectivity index (χ0n) is 10.2. The van der Waals surface area contributed by atoms with Gasteiger partial charge in [-0.05, 0) is 11.6 Å². The Bertz CT molecular complexity index is 345. The van der Waals surface area contributed by atoms with Crippen LogP contribution >= 0.6 is 11.6 Å². The van der Waals surface area contributed by atoms with Crippen LogP contribution in [0.15, 0.2) is 24.3 Å². The SMILES string of the molecule is COC.O=COC(O)C(CO)c1ccccc1Cl. The molecule has 0 radical (unpaired) electrons. The van der Waals surface area contributed by atoms with Crippen molar-refractivity contribution in [2.45, 2.75) is 12.2 Å². The normalized spacial score (nSPS) is 12.9. The van der Waals surface area contributed by atoms with Crippen molar-refractivity contribution in [1.82, 2.24) is 0 Å². The number of hydrogen-bond donors (Lipinski definition) is 2. The molecule has 0 saturated heterocycles. The molecular weight excluding hydrogens is 260 g/mol. The Labute approximate surface area is 111 Å². The van der Waals surface area contributed by atoms with E-state index in [2.05, 4.69) is 9.47 Å². The lowest BCUT2D eigenvalue weighted by Gasteiger charge is -2.20. The number of hydrogen-bond acceptors (Lipinski definition) is 5. The summed E-state index contributed by atoms with van der Waals surface area (Å²) in [4.78, 5) is 10.1. The maximum atomic E-state index is 10.1. The van der Waals surface area contributed by atoms with Gasteiger partial charge in [-0.1, -0.05) is 29.8 Å². The van der Waals surface area contributed by atoms with Gasteiger partial charge in [-0.2, -0.15) is 0 Å². The maximum absolute atomic E-state index is 10.1. The number of carbonyl (C=O) groups excluding carboxylic acids is 1. The van der Waals surface area contributed by atoms with E-state index in [4.69, 9.17) is 16.7 Å². The van der Waals surface area contributed by atoms with Crippen molar-refractivity contribution in [2.75, 3.05) is 20.8 Å². The van der Waals surface area contributed by atoms with Crippen molar-refractivity contribution in [1.29, 1.82) is 0 Å². The fourth-order valence-electron chi connectivity index (χ4n) is 1.27. The summed E-state index contributed by atoms with van der Waals surface area (Å²) in [6, 6.07) is 6.73. The predicted molar refractivity (Wildman–Crippen MR) is 67.4 cm³/mol. The molecule has 0 aliphatic heterocycles. The molecule has 1 rings (SSSR count). The van der Waals surface area contributed by atoms with Crippen LogP contribution in [0.3, 0.4) is 0 Å². The van der Waals surface area contributed by atoms with E-state index < -0.39 is 12.2 Å². The minimum Gasteiger partial charge on any atom is -0.437 e. The molecule has 0 amide bonds. The second-order valence-corrected chi connectivity index (χ2v) is 3.75. The van der Waals surface area contributed by atoms with E-state index in [1.54, 1.807) is 38.5 Å². The van der Waals surface area contributed by atoms with Crippen LogP contribution < -0.4 is 0 Å². The highest BCUT2D eigenvalue weighted by molar-refractivity contribution is 6.31. The van der Waals surface area contributed by atoms with Gasteiger partial charge >= 0.3 is 0 Å². The number of carbonyl (C=O) groups is 1. The predicted octanol–water partition coefficient (Wildman–Crippen LogP) is 1.17. The summed E-state index contributed by atoms with van der Waals surface area (Å²) in [5.74, 6) is -0.733. The molecule has 2 N–H and O–H groups in total. The van der Waals surface area contributed by atoms with E-state index in [1.807, 2.05) is 0 Å². The standard InChI is InChI=1S/C10H11ClO4.C2H6O/c11-9-4-2-1-3-7(9)8(5-12)10(14)15-6-13;1-3-2/h1-4,6,8,10,12,14H,5H2;1-2H3. The van der Waals surface area contributed by atoms with E-state index >= 15 is 0 Å². The van der Waals surface area contributed by atoms with Gasteiger partial charge in [0, 0.05) is 19.2 Å². The molecule has 0 spiro atoms. The Morgan fingerprint density at radius 1 is 1.39 bits per heavy atom. The first-order valence-corrected chi connectivity index (χ1v) is 5.52. The molecule has 0 heterocycles. The van der Waals surface area contributed by atoms with Crippen LogP contribution in [0.4, 0.5) is 0 Å². The number of halogens is 1. The van der Waals surface area contributed by atoms with Gasteiger partial charge in [0.15, 0.2) is 0 Å². The van der Waals surface area contributed by atoms with Crippen LogP contribution in [0.5, 0.6) is 0 Å². The largest absolute Gasteiger partial charge is 0.437 e. The van der Waals surface area contributed by atoms with Crippen molar-refractivity contribution < 1.29 is 24.5 Å². The van der Waals surface area contributed by atoms with Crippen molar-refractivity contribution in [3.8, 4) is 0 Å². The molecule has 2 unspecified atom stereocenters. The van der Waals surface area contributed by atoms with Crippen LogP contribution in [0, 0.1) is 0 Å². The Morgan fingerprint density at radius 3 is 2.39 bits per heavy atom. The number of ether oxygens (including phenoxy) is 2. The van der Waals surface area contributed by atoms with Crippen molar-refractivity contribution >= 4 is 18.1 Å². The quantitative estimate of drug-likeness (QED) is 0.624. The number of rotatable bonds is 5. The molecule has 2 atom stereocenters. The second kappa shape index (κ2) is 9.85. The molecule has 5 nitrogen and oxygen atoms in total. The fraction of sp³-hybridized carbons (Fsp3) is 0.417. The summed E-state index contributed by atoms with van der Waals surface area (Å²) < 4.78 is 8.61. The van der Waals surface area contributed by atoms with Gasteiger partial charge in [0.1, 0.15) is 0 Å². The zero-order valence-corrected chi connectivity index (χ0v) is 11.0. The van der Waals surface area contributed by atoms with E-state index in [9.17, 15) is 9.90 Å². The molecule has 0 bridgehead atoms. The summed E-state index contributed by atoms with van der Waals surface area (Å²) >= 11 is 5.88. The van der Waals surface area contributed by atoms with Crippen LogP contribution in [0.1, 0.15) is 11.5 Å². The Hall–Kier alpha value is -1.14. The van der Waals surface area contributed by atoms with Crippen LogP contribution in [-0.2, 0) is 14.3 Å². The smallest absolute Gasteiger partial charge is 0.295 e. The molecule has 1 aromatic carbocycles. The maximum Gasteiger partial charge on any atom is 0.295 e. The van der Waals surface area contributed by atoms with Crippen LogP contribution in [-0.4, -0.2) is 43.8 Å². The Morgan fingerprint density at radius 2 is 1.94 bits per heavy atom. The lowest BCUT2D eigenvalue weighted by atomic mass is 9.99. The molecule has 0 saturated carbocycles. The highest BCUT2D eigenvalue weighted by Gasteiger charge is 2.23. The minimum atomic E-state index is -1.40. The molecule has 0 aromatic heterocycles. The summed E-state index contributed by atoms with van der Waals surface area (Å²) in [5, 5.41) is 18.9. The molecule has 6 heteroatoms. The number of aliphatic hydroxyl groups is 2. The number of benzene rings is 1. The van der Waals surface area contributed by atoms with Gasteiger partial charge in [0.2, 0.25) is 6.29 Å². The molecule has 0 aliphatic rings. The summed E-state index contributed by atoms with van der Waals surface area (Å²) in [6.07, 6.45) is -1.40. The summed E-state index contributed by atoms with van der Waals surface area (Å²) in [6.45, 7) is -0.233. The topological polar surface area (TPSA) is 76.0 Å². The average molecular weight is 277 g/mol. The third kappa shape index (κ3) is 5.46. The molecule has 18 heavy (non-hydrogen) atoms. The third-order valence-electron chi connectivity index (χ3n) is 2.04. The first-order chi connectivity index (χ1) is 8.62. The van der Waals surface area contributed by atoms with Gasteiger partial charge in [-0.25, -0.2) is 0 Å². The number of aliphatic hydroxyl groups excluding tert-OH is 2. The first kappa shape index (κ1) is 16.9. The van der Waals surface area contributed by atoms with Crippen molar-refractivity contribution in [3.05, 3.63) is 34.9 Å². The molecule has 1 aromatic rings. The third-order valence-corrected chi connectivity index (χ3v) is 2.38. The van der Waals surface area contributed by atoms with E-state index in [0.717, 1.165) is 0 Å². The molecule has 0 aliphatic carbocycles. The summed E-state index contributed by atoms with van der Waals surface area (Å²) in [7, 11) is 3.25. The van der Waals surface area contributed by atoms with E-state index in [0.29, 0.717) is 10.6 Å². The van der Waals surface area contributed by atoms with Gasteiger partial charge in [-0.15, -0.1) is 0 Å². The van der Waals surface area contributed by atoms with Crippen molar-refractivity contribution in [3.63, 3.8) is 0 Å². The first-order valence-electron chi connectivity index (χ1n) is 5.14. The van der Waals surface area contributed by atoms with E-state index in [1.165, 1.54) is 0 Å².